The summed E-state index contributed by atoms with van der Waals surface area (Å²) in [6.07, 6.45) is 4.32. The Labute approximate surface area is 99.5 Å². The molecule has 1 aliphatic rings. The van der Waals surface area contributed by atoms with Gasteiger partial charge in [-0.15, -0.1) is 22.9 Å². The molecule has 3 nitrogen and oxygen atoms in total. The molecule has 1 aromatic heterocycles. The first-order valence-corrected chi connectivity index (χ1v) is 6.74. The quantitative estimate of drug-likeness (QED) is 0.825. The van der Waals surface area contributed by atoms with Crippen LogP contribution >= 0.6 is 22.9 Å². The van der Waals surface area contributed by atoms with Crippen molar-refractivity contribution in [3.8, 4) is 0 Å². The Morgan fingerprint density at radius 2 is 2.60 bits per heavy atom. The van der Waals surface area contributed by atoms with Gasteiger partial charge in [-0.1, -0.05) is 0 Å². The van der Waals surface area contributed by atoms with Gasteiger partial charge in [-0.3, -0.25) is 0 Å². The molecule has 1 aliphatic heterocycles. The molecule has 0 amide bonds. The van der Waals surface area contributed by atoms with Crippen molar-refractivity contribution in [1.82, 2.24) is 9.88 Å². The van der Waals surface area contributed by atoms with Gasteiger partial charge in [0.2, 0.25) is 0 Å². The number of rotatable bonds is 4. The molecule has 1 N–H and O–H groups in total. The summed E-state index contributed by atoms with van der Waals surface area (Å²) in [5, 5.41) is 6.51. The van der Waals surface area contributed by atoms with Crippen LogP contribution in [0.1, 0.15) is 12.8 Å². The molecule has 2 heterocycles. The molecule has 15 heavy (non-hydrogen) atoms. The third kappa shape index (κ3) is 3.33. The minimum absolute atomic E-state index is 0.535. The van der Waals surface area contributed by atoms with Gasteiger partial charge in [-0.05, 0) is 19.4 Å². The molecule has 0 saturated carbocycles. The van der Waals surface area contributed by atoms with E-state index in [0.717, 1.165) is 24.1 Å². The lowest BCUT2D eigenvalue weighted by molar-refractivity contribution is 0.228. The zero-order chi connectivity index (χ0) is 10.5. The van der Waals surface area contributed by atoms with Crippen molar-refractivity contribution < 1.29 is 0 Å². The van der Waals surface area contributed by atoms with Crippen LogP contribution in [0.2, 0.25) is 0 Å². The van der Waals surface area contributed by atoms with E-state index >= 15 is 0 Å². The average molecular weight is 246 g/mol. The molecule has 0 bridgehead atoms. The van der Waals surface area contributed by atoms with E-state index in [9.17, 15) is 0 Å². The van der Waals surface area contributed by atoms with Gasteiger partial charge in [-0.25, -0.2) is 4.98 Å². The van der Waals surface area contributed by atoms with Gasteiger partial charge in [-0.2, -0.15) is 0 Å². The zero-order valence-electron chi connectivity index (χ0n) is 8.66. The molecule has 1 aromatic rings. The van der Waals surface area contributed by atoms with Crippen molar-refractivity contribution in [3.05, 3.63) is 11.6 Å². The molecule has 2 rings (SSSR count). The lowest BCUT2D eigenvalue weighted by Gasteiger charge is -2.32. The summed E-state index contributed by atoms with van der Waals surface area (Å²) in [6, 6.07) is 0.535. The van der Waals surface area contributed by atoms with Crippen LogP contribution < -0.4 is 5.32 Å². The van der Waals surface area contributed by atoms with Gasteiger partial charge in [0.15, 0.2) is 5.13 Å². The predicted octanol–water partition coefficient (Wildman–Crippen LogP) is 2.26. The van der Waals surface area contributed by atoms with Gasteiger partial charge in [0, 0.05) is 36.6 Å². The number of nitrogens with zero attached hydrogens (tertiary/aromatic N) is 2. The molecular weight excluding hydrogens is 230 g/mol. The van der Waals surface area contributed by atoms with E-state index in [1.54, 1.807) is 11.3 Å². The van der Waals surface area contributed by atoms with E-state index in [1.807, 2.05) is 11.6 Å². The fourth-order valence-corrected chi connectivity index (χ4v) is 2.81. The first-order valence-electron chi connectivity index (χ1n) is 5.33. The minimum Gasteiger partial charge on any atom is -0.358 e. The molecule has 5 heteroatoms. The maximum Gasteiger partial charge on any atom is 0.182 e. The molecule has 0 aromatic carbocycles. The average Bonchev–Trinajstić information content (AvgIpc) is 2.71. The number of alkyl halides is 1. The van der Waals surface area contributed by atoms with E-state index in [-0.39, 0.29) is 0 Å². The van der Waals surface area contributed by atoms with Crippen molar-refractivity contribution >= 4 is 28.1 Å². The van der Waals surface area contributed by atoms with E-state index in [0.29, 0.717) is 6.04 Å². The monoisotopic (exact) mass is 245 g/mol. The Hall–Kier alpha value is -0.320. The zero-order valence-corrected chi connectivity index (χ0v) is 10.2. The number of halogens is 1. The van der Waals surface area contributed by atoms with E-state index in [4.69, 9.17) is 11.6 Å². The minimum atomic E-state index is 0.535. The van der Waals surface area contributed by atoms with E-state index in [1.165, 1.54) is 19.4 Å². The summed E-state index contributed by atoms with van der Waals surface area (Å²) in [4.78, 5) is 6.66. The number of hydrogen-bond donors (Lipinski definition) is 1. The van der Waals surface area contributed by atoms with E-state index < -0.39 is 0 Å². The molecular formula is C10H16ClN3S. The number of nitrogens with one attached hydrogen (secondary N) is 1. The summed E-state index contributed by atoms with van der Waals surface area (Å²) in [5.74, 6) is 0.726. The summed E-state index contributed by atoms with van der Waals surface area (Å²) >= 11 is 7.42. The molecule has 0 spiro atoms. The van der Waals surface area contributed by atoms with Gasteiger partial charge >= 0.3 is 0 Å². The lowest BCUT2D eigenvalue weighted by atomic mass is 10.1. The second-order valence-corrected chi connectivity index (χ2v) is 5.08. The number of anilines is 1. The van der Waals surface area contributed by atoms with Gasteiger partial charge in [0.1, 0.15) is 0 Å². The van der Waals surface area contributed by atoms with Crippen LogP contribution in [0, 0.1) is 0 Å². The second kappa shape index (κ2) is 5.68. The molecule has 84 valence electrons. The van der Waals surface area contributed by atoms with Gasteiger partial charge in [0.25, 0.3) is 0 Å². The van der Waals surface area contributed by atoms with Crippen molar-refractivity contribution in [1.29, 1.82) is 0 Å². The Kier molecular flexibility index (Phi) is 4.23. The Morgan fingerprint density at radius 3 is 3.33 bits per heavy atom. The molecule has 1 fully saturated rings. The molecule has 1 atom stereocenters. The van der Waals surface area contributed by atoms with Crippen LogP contribution in [-0.4, -0.2) is 41.4 Å². The van der Waals surface area contributed by atoms with Crippen molar-refractivity contribution in [2.24, 2.45) is 0 Å². The first kappa shape index (κ1) is 11.2. The van der Waals surface area contributed by atoms with Gasteiger partial charge in [0.05, 0.1) is 0 Å². The smallest absolute Gasteiger partial charge is 0.182 e. The number of thiazole rings is 1. The maximum atomic E-state index is 5.75. The van der Waals surface area contributed by atoms with E-state index in [2.05, 4.69) is 15.2 Å². The largest absolute Gasteiger partial charge is 0.358 e. The summed E-state index contributed by atoms with van der Waals surface area (Å²) < 4.78 is 0. The SMILES string of the molecule is ClCCN1CCCC(Nc2nccs2)C1. The van der Waals surface area contributed by atoms with Crippen LogP contribution in [0.4, 0.5) is 5.13 Å². The number of piperidine rings is 1. The van der Waals surface area contributed by atoms with Crippen LogP contribution in [0.3, 0.4) is 0 Å². The van der Waals surface area contributed by atoms with Crippen molar-refractivity contribution in [3.63, 3.8) is 0 Å². The number of hydrogen-bond acceptors (Lipinski definition) is 4. The second-order valence-electron chi connectivity index (χ2n) is 3.81. The topological polar surface area (TPSA) is 28.2 Å². The predicted molar refractivity (Wildman–Crippen MR) is 65.9 cm³/mol. The molecule has 0 aliphatic carbocycles. The fourth-order valence-electron chi connectivity index (χ4n) is 1.97. The van der Waals surface area contributed by atoms with Crippen molar-refractivity contribution in [2.75, 3.05) is 30.8 Å². The summed E-state index contributed by atoms with van der Waals surface area (Å²) in [7, 11) is 0. The third-order valence-corrected chi connectivity index (χ3v) is 3.54. The Bertz CT molecular complexity index is 276. The molecule has 1 saturated heterocycles. The standard InChI is InChI=1S/C10H16ClN3S/c11-3-6-14-5-1-2-9(8-14)13-10-12-4-7-15-10/h4,7,9H,1-3,5-6,8H2,(H,12,13). The lowest BCUT2D eigenvalue weighted by Crippen LogP contribution is -2.42. The van der Waals surface area contributed by atoms with Crippen LogP contribution in [0.15, 0.2) is 11.6 Å². The highest BCUT2D eigenvalue weighted by atomic mass is 35.5. The van der Waals surface area contributed by atoms with Crippen LogP contribution in [-0.2, 0) is 0 Å². The number of likely N-dealkylation sites (tertiary alicyclic amines) is 1. The highest BCUT2D eigenvalue weighted by Gasteiger charge is 2.19. The Morgan fingerprint density at radius 1 is 1.67 bits per heavy atom. The van der Waals surface area contributed by atoms with Crippen molar-refractivity contribution in [2.45, 2.75) is 18.9 Å². The summed E-state index contributed by atoms with van der Waals surface area (Å²) in [6.45, 7) is 3.27. The third-order valence-electron chi connectivity index (χ3n) is 2.67. The van der Waals surface area contributed by atoms with Crippen LogP contribution in [0.5, 0.6) is 0 Å². The molecule has 1 unspecified atom stereocenters. The fraction of sp³-hybridized carbons (Fsp3) is 0.700. The number of aromatic nitrogens is 1. The maximum absolute atomic E-state index is 5.75. The highest BCUT2D eigenvalue weighted by molar-refractivity contribution is 7.13. The summed E-state index contributed by atoms with van der Waals surface area (Å²) in [5.41, 5.74) is 0. The Balaban J connectivity index is 1.82. The van der Waals surface area contributed by atoms with Gasteiger partial charge < -0.3 is 10.2 Å². The van der Waals surface area contributed by atoms with Crippen LogP contribution in [0.25, 0.3) is 0 Å². The molecule has 0 radical (unpaired) electrons. The first-order chi connectivity index (χ1) is 7.38. The highest BCUT2D eigenvalue weighted by Crippen LogP contribution is 2.17. The normalized spacial score (nSPS) is 22.9.